The van der Waals surface area contributed by atoms with Crippen LogP contribution in [0.5, 0.6) is 0 Å². The average Bonchev–Trinajstić information content (AvgIpc) is 2.81. The number of hydrogen-bond acceptors (Lipinski definition) is 4. The molecule has 24 heavy (non-hydrogen) atoms. The molecule has 0 saturated carbocycles. The number of nitrogens with zero attached hydrogens (tertiary/aromatic N) is 2. The van der Waals surface area contributed by atoms with E-state index in [1.807, 2.05) is 13.8 Å². The molecule has 0 radical (unpaired) electrons. The standard InChI is InChI=1S/C15H16F3N3O2S/c1-8(2)13-14(24-11-4-9(17)3-10(18)5-11)21(7-16)12(20-13)6-23-15(19)22/h3-5,8H,6-7H2,1-2H3,(H2,19,22). The Morgan fingerprint density at radius 2 is 1.96 bits per heavy atom. The van der Waals surface area contributed by atoms with Crippen molar-refractivity contribution in [1.29, 1.82) is 0 Å². The summed E-state index contributed by atoms with van der Waals surface area (Å²) < 4.78 is 46.1. The molecule has 1 aromatic heterocycles. The number of ether oxygens (including phenoxy) is 1. The minimum absolute atomic E-state index is 0.0777. The number of rotatable bonds is 6. The summed E-state index contributed by atoms with van der Waals surface area (Å²) in [6.45, 7) is 2.47. The molecule has 1 heterocycles. The first-order valence-electron chi connectivity index (χ1n) is 7.03. The number of halogens is 3. The predicted molar refractivity (Wildman–Crippen MR) is 82.3 cm³/mol. The van der Waals surface area contributed by atoms with Crippen LogP contribution in [0.4, 0.5) is 18.0 Å². The average molecular weight is 359 g/mol. The predicted octanol–water partition coefficient (Wildman–Crippen LogP) is 3.96. The van der Waals surface area contributed by atoms with E-state index in [2.05, 4.69) is 9.72 Å². The van der Waals surface area contributed by atoms with Crippen LogP contribution in [0.3, 0.4) is 0 Å². The molecule has 2 rings (SSSR count). The molecule has 2 aromatic rings. The van der Waals surface area contributed by atoms with E-state index in [9.17, 15) is 18.0 Å². The van der Waals surface area contributed by atoms with Gasteiger partial charge in [0.05, 0.1) is 5.69 Å². The van der Waals surface area contributed by atoms with Crippen molar-refractivity contribution in [3.8, 4) is 0 Å². The maximum Gasteiger partial charge on any atom is 0.404 e. The minimum atomic E-state index is -1.00. The normalized spacial score (nSPS) is 11.1. The van der Waals surface area contributed by atoms with Gasteiger partial charge in [0.15, 0.2) is 13.4 Å². The Balaban J connectivity index is 2.43. The lowest BCUT2D eigenvalue weighted by Crippen LogP contribution is -2.15. The second kappa shape index (κ2) is 7.61. The lowest BCUT2D eigenvalue weighted by Gasteiger charge is -2.10. The Kier molecular flexibility index (Phi) is 5.76. The van der Waals surface area contributed by atoms with Crippen molar-refractivity contribution in [2.24, 2.45) is 5.73 Å². The summed E-state index contributed by atoms with van der Waals surface area (Å²) in [5.74, 6) is -1.37. The van der Waals surface area contributed by atoms with Crippen LogP contribution in [0.2, 0.25) is 0 Å². The number of imidazole rings is 1. The van der Waals surface area contributed by atoms with E-state index >= 15 is 0 Å². The van der Waals surface area contributed by atoms with E-state index in [-0.39, 0.29) is 23.2 Å². The van der Waals surface area contributed by atoms with Gasteiger partial charge in [0.1, 0.15) is 22.5 Å². The smallest absolute Gasteiger partial charge is 0.404 e. The van der Waals surface area contributed by atoms with Crippen molar-refractivity contribution in [2.45, 2.75) is 43.1 Å². The Morgan fingerprint density at radius 3 is 2.46 bits per heavy atom. The summed E-state index contributed by atoms with van der Waals surface area (Å²) in [5, 5.41) is 0.389. The van der Waals surface area contributed by atoms with Crippen molar-refractivity contribution in [3.05, 3.63) is 41.4 Å². The van der Waals surface area contributed by atoms with E-state index in [1.165, 1.54) is 4.57 Å². The molecule has 0 unspecified atom stereocenters. The van der Waals surface area contributed by atoms with Gasteiger partial charge in [0.25, 0.3) is 0 Å². The van der Waals surface area contributed by atoms with Gasteiger partial charge in [-0.25, -0.2) is 22.9 Å². The molecule has 0 aliphatic carbocycles. The molecule has 0 fully saturated rings. The molecule has 1 amide bonds. The molecule has 1 aromatic carbocycles. The lowest BCUT2D eigenvalue weighted by molar-refractivity contribution is 0.143. The molecule has 5 nitrogen and oxygen atoms in total. The van der Waals surface area contributed by atoms with Crippen LogP contribution in [0.1, 0.15) is 31.3 Å². The minimum Gasteiger partial charge on any atom is -0.442 e. The zero-order chi connectivity index (χ0) is 17.9. The van der Waals surface area contributed by atoms with Gasteiger partial charge < -0.3 is 10.5 Å². The second-order valence-electron chi connectivity index (χ2n) is 5.24. The van der Waals surface area contributed by atoms with Crippen molar-refractivity contribution in [3.63, 3.8) is 0 Å². The topological polar surface area (TPSA) is 70.1 Å². The highest BCUT2D eigenvalue weighted by Gasteiger charge is 2.21. The van der Waals surface area contributed by atoms with Gasteiger partial charge in [-0.1, -0.05) is 25.6 Å². The fourth-order valence-electron chi connectivity index (χ4n) is 2.05. The Morgan fingerprint density at radius 1 is 1.33 bits per heavy atom. The first-order chi connectivity index (χ1) is 11.3. The molecule has 9 heteroatoms. The summed E-state index contributed by atoms with van der Waals surface area (Å²) in [6, 6.07) is 3.05. The second-order valence-corrected chi connectivity index (χ2v) is 6.30. The van der Waals surface area contributed by atoms with Gasteiger partial charge >= 0.3 is 6.09 Å². The number of benzene rings is 1. The SMILES string of the molecule is CC(C)c1nc(COC(N)=O)n(CF)c1Sc1cc(F)cc(F)c1. The van der Waals surface area contributed by atoms with Gasteiger partial charge in [0.2, 0.25) is 0 Å². The zero-order valence-corrected chi connectivity index (χ0v) is 13.9. The highest BCUT2D eigenvalue weighted by Crippen LogP contribution is 2.35. The highest BCUT2D eigenvalue weighted by molar-refractivity contribution is 7.99. The van der Waals surface area contributed by atoms with E-state index in [1.54, 1.807) is 0 Å². The molecule has 2 N–H and O–H groups in total. The molecule has 0 aliphatic rings. The lowest BCUT2D eigenvalue weighted by atomic mass is 10.2. The van der Waals surface area contributed by atoms with Crippen LogP contribution >= 0.6 is 11.8 Å². The summed E-state index contributed by atoms with van der Waals surface area (Å²) in [5.41, 5.74) is 5.45. The van der Waals surface area contributed by atoms with Crippen LogP contribution in [0.15, 0.2) is 28.1 Å². The molecule has 0 saturated heterocycles. The highest BCUT2D eigenvalue weighted by atomic mass is 32.2. The fraction of sp³-hybridized carbons (Fsp3) is 0.333. The monoisotopic (exact) mass is 359 g/mol. The van der Waals surface area contributed by atoms with E-state index in [0.29, 0.717) is 10.7 Å². The van der Waals surface area contributed by atoms with Crippen molar-refractivity contribution >= 4 is 17.9 Å². The maximum absolute atomic E-state index is 13.5. The number of carbonyl (C=O) groups is 1. The number of primary amides is 1. The van der Waals surface area contributed by atoms with E-state index in [0.717, 1.165) is 30.0 Å². The van der Waals surface area contributed by atoms with Crippen LogP contribution < -0.4 is 5.73 Å². The van der Waals surface area contributed by atoms with Crippen molar-refractivity contribution < 1.29 is 22.7 Å². The number of amides is 1. The molecule has 0 aliphatic heterocycles. The summed E-state index contributed by atoms with van der Waals surface area (Å²) in [7, 11) is 0. The maximum atomic E-state index is 13.5. The van der Waals surface area contributed by atoms with Crippen LogP contribution in [0, 0.1) is 11.6 Å². The first-order valence-corrected chi connectivity index (χ1v) is 7.85. The summed E-state index contributed by atoms with van der Waals surface area (Å²) in [6.07, 6.45) is -1.00. The third-order valence-corrected chi connectivity index (χ3v) is 4.18. The van der Waals surface area contributed by atoms with Crippen LogP contribution in [-0.4, -0.2) is 15.6 Å². The van der Waals surface area contributed by atoms with Gasteiger partial charge in [-0.15, -0.1) is 0 Å². The molecule has 130 valence electrons. The number of nitrogens with two attached hydrogens (primary N) is 1. The molecular formula is C15H16F3N3O2S. The Labute approximate surface area is 141 Å². The summed E-state index contributed by atoms with van der Waals surface area (Å²) in [4.78, 5) is 15.3. The third kappa shape index (κ3) is 4.22. The Hall–Kier alpha value is -2.16. The first kappa shape index (κ1) is 18.2. The van der Waals surface area contributed by atoms with E-state index < -0.39 is 24.5 Å². The molecule has 0 spiro atoms. The fourth-order valence-corrected chi connectivity index (χ4v) is 3.27. The number of hydrogen-bond donors (Lipinski definition) is 1. The number of carbonyl (C=O) groups excluding carboxylic acids is 1. The molecule has 0 atom stereocenters. The zero-order valence-electron chi connectivity index (χ0n) is 13.1. The van der Waals surface area contributed by atoms with Crippen molar-refractivity contribution in [1.82, 2.24) is 9.55 Å². The van der Waals surface area contributed by atoms with E-state index in [4.69, 9.17) is 5.73 Å². The number of alkyl halides is 1. The van der Waals surface area contributed by atoms with Crippen LogP contribution in [-0.2, 0) is 18.1 Å². The van der Waals surface area contributed by atoms with Gasteiger partial charge in [-0.05, 0) is 18.1 Å². The van der Waals surface area contributed by atoms with Gasteiger partial charge in [-0.2, -0.15) is 0 Å². The Bertz CT molecular complexity index is 730. The van der Waals surface area contributed by atoms with Gasteiger partial charge in [-0.3, -0.25) is 4.57 Å². The molecular weight excluding hydrogens is 343 g/mol. The molecule has 0 bridgehead atoms. The number of aromatic nitrogens is 2. The van der Waals surface area contributed by atoms with Crippen molar-refractivity contribution in [2.75, 3.05) is 0 Å². The van der Waals surface area contributed by atoms with Gasteiger partial charge in [0, 0.05) is 11.0 Å². The summed E-state index contributed by atoms with van der Waals surface area (Å²) >= 11 is 0.986. The van der Waals surface area contributed by atoms with Crippen LogP contribution in [0.25, 0.3) is 0 Å². The third-order valence-electron chi connectivity index (χ3n) is 3.09. The quantitative estimate of drug-likeness (QED) is 0.848. The largest absolute Gasteiger partial charge is 0.442 e.